The van der Waals surface area contributed by atoms with Crippen LogP contribution in [0.1, 0.15) is 54.9 Å². The fourth-order valence-electron chi connectivity index (χ4n) is 2.18. The van der Waals surface area contributed by atoms with Gasteiger partial charge in [-0.2, -0.15) is 0 Å². The van der Waals surface area contributed by atoms with Gasteiger partial charge in [-0.3, -0.25) is 4.99 Å². The van der Waals surface area contributed by atoms with Crippen molar-refractivity contribution in [2.24, 2.45) is 21.7 Å². The Hall–Kier alpha value is -0.240. The molecule has 0 radical (unpaired) electrons. The lowest BCUT2D eigenvalue weighted by atomic mass is 9.68. The van der Waals surface area contributed by atoms with Crippen LogP contribution in [-0.4, -0.2) is 11.8 Å². The van der Waals surface area contributed by atoms with Gasteiger partial charge in [-0.1, -0.05) is 47.6 Å². The molecule has 0 aromatic heterocycles. The Kier molecular flexibility index (Phi) is 6.53. The van der Waals surface area contributed by atoms with Crippen molar-refractivity contribution in [1.82, 2.24) is 0 Å². The SMILES string of the molecule is C/C=C(\N=C/SC)C(C)(C)CC(C)(C)C(C)C. The first kappa shape index (κ1) is 16.8. The van der Waals surface area contributed by atoms with Gasteiger partial charge in [0.25, 0.3) is 0 Å². The Morgan fingerprint density at radius 3 is 2.12 bits per heavy atom. The van der Waals surface area contributed by atoms with E-state index in [2.05, 4.69) is 59.5 Å². The summed E-state index contributed by atoms with van der Waals surface area (Å²) in [6.07, 6.45) is 5.34. The van der Waals surface area contributed by atoms with Crippen molar-refractivity contribution in [1.29, 1.82) is 0 Å². The van der Waals surface area contributed by atoms with Crippen molar-refractivity contribution in [2.45, 2.75) is 54.9 Å². The molecule has 2 heteroatoms. The number of nitrogens with zero attached hydrogens (tertiary/aromatic N) is 1. The van der Waals surface area contributed by atoms with Gasteiger partial charge in [0.2, 0.25) is 0 Å². The van der Waals surface area contributed by atoms with Gasteiger partial charge in [-0.15, -0.1) is 11.8 Å². The van der Waals surface area contributed by atoms with E-state index in [-0.39, 0.29) is 5.41 Å². The molecule has 0 saturated heterocycles. The van der Waals surface area contributed by atoms with Crippen LogP contribution in [-0.2, 0) is 0 Å². The van der Waals surface area contributed by atoms with Crippen LogP contribution in [0.3, 0.4) is 0 Å². The average molecular weight is 255 g/mol. The molecule has 0 heterocycles. The molecule has 1 nitrogen and oxygen atoms in total. The van der Waals surface area contributed by atoms with Crippen molar-refractivity contribution >= 4 is 17.3 Å². The normalized spacial score (nSPS) is 15.0. The summed E-state index contributed by atoms with van der Waals surface area (Å²) in [5, 5.41) is 0. The zero-order valence-corrected chi connectivity index (χ0v) is 13.6. The highest BCUT2D eigenvalue weighted by Gasteiger charge is 2.33. The van der Waals surface area contributed by atoms with Crippen LogP contribution in [0.25, 0.3) is 0 Å². The number of thioether (sulfide) groups is 1. The van der Waals surface area contributed by atoms with Gasteiger partial charge in [0.15, 0.2) is 0 Å². The van der Waals surface area contributed by atoms with Crippen LogP contribution in [0, 0.1) is 16.7 Å². The van der Waals surface area contributed by atoms with E-state index in [4.69, 9.17) is 0 Å². The number of aliphatic imine (C=N–C) groups is 1. The lowest BCUT2D eigenvalue weighted by Crippen LogP contribution is -2.28. The van der Waals surface area contributed by atoms with E-state index in [1.807, 2.05) is 11.8 Å². The fourth-order valence-corrected chi connectivity index (χ4v) is 2.40. The summed E-state index contributed by atoms with van der Waals surface area (Å²) in [7, 11) is 0. The topological polar surface area (TPSA) is 12.4 Å². The molecule has 100 valence electrons. The number of hydrogen-bond acceptors (Lipinski definition) is 2. The standard InChI is InChI=1S/C15H29NS/c1-9-13(16-11-17-8)15(6,7)10-14(4,5)12(2)3/h9,11-12H,10H2,1-8H3/b13-9-,16-11-. The van der Waals surface area contributed by atoms with E-state index in [0.29, 0.717) is 11.3 Å². The smallest absolute Gasteiger partial charge is 0.0597 e. The molecule has 0 bridgehead atoms. The highest BCUT2D eigenvalue weighted by Crippen LogP contribution is 2.43. The van der Waals surface area contributed by atoms with Crippen LogP contribution in [0.15, 0.2) is 16.8 Å². The van der Waals surface area contributed by atoms with Gasteiger partial charge < -0.3 is 0 Å². The van der Waals surface area contributed by atoms with Gasteiger partial charge >= 0.3 is 0 Å². The Morgan fingerprint density at radius 2 is 1.76 bits per heavy atom. The molecule has 0 fully saturated rings. The third-order valence-corrected chi connectivity index (χ3v) is 4.04. The van der Waals surface area contributed by atoms with Crippen molar-refractivity contribution in [3.8, 4) is 0 Å². The van der Waals surface area contributed by atoms with Crippen LogP contribution in [0.5, 0.6) is 0 Å². The zero-order chi connectivity index (χ0) is 13.7. The summed E-state index contributed by atoms with van der Waals surface area (Å²) in [6, 6.07) is 0. The summed E-state index contributed by atoms with van der Waals surface area (Å²) >= 11 is 1.65. The van der Waals surface area contributed by atoms with Crippen molar-refractivity contribution in [3.63, 3.8) is 0 Å². The Bertz CT molecular complexity index is 285. The first-order valence-electron chi connectivity index (χ1n) is 6.39. The Labute approximate surface area is 112 Å². The molecule has 0 amide bonds. The molecule has 0 atom stereocenters. The predicted octanol–water partition coefficient (Wildman–Crippen LogP) is 5.38. The third kappa shape index (κ3) is 5.29. The fraction of sp³-hybridized carbons (Fsp3) is 0.800. The molecule has 0 aromatic carbocycles. The molecule has 0 aromatic rings. The van der Waals surface area contributed by atoms with E-state index in [1.165, 1.54) is 5.70 Å². The second kappa shape index (κ2) is 6.63. The lowest BCUT2D eigenvalue weighted by molar-refractivity contribution is 0.160. The molecule has 0 saturated carbocycles. The van der Waals surface area contributed by atoms with E-state index >= 15 is 0 Å². The second-order valence-electron chi connectivity index (χ2n) is 6.35. The maximum absolute atomic E-state index is 4.57. The van der Waals surface area contributed by atoms with E-state index in [9.17, 15) is 0 Å². The molecule has 0 spiro atoms. The Morgan fingerprint density at radius 1 is 1.24 bits per heavy atom. The third-order valence-electron chi connectivity index (χ3n) is 3.72. The molecular weight excluding hydrogens is 226 g/mol. The molecule has 0 unspecified atom stereocenters. The second-order valence-corrected chi connectivity index (χ2v) is 7.03. The van der Waals surface area contributed by atoms with Crippen LogP contribution < -0.4 is 0 Å². The molecular formula is C15H29NS. The van der Waals surface area contributed by atoms with Crippen LogP contribution in [0.2, 0.25) is 0 Å². The molecule has 0 aliphatic heterocycles. The van der Waals surface area contributed by atoms with Crippen molar-refractivity contribution < 1.29 is 0 Å². The zero-order valence-electron chi connectivity index (χ0n) is 12.8. The number of rotatable bonds is 6. The van der Waals surface area contributed by atoms with Gasteiger partial charge in [0.1, 0.15) is 0 Å². The minimum Gasteiger partial charge on any atom is -0.254 e. The van der Waals surface area contributed by atoms with E-state index in [1.54, 1.807) is 11.8 Å². The first-order chi connectivity index (χ1) is 7.67. The Balaban J connectivity index is 4.94. The highest BCUT2D eigenvalue weighted by molar-refractivity contribution is 8.11. The van der Waals surface area contributed by atoms with E-state index < -0.39 is 0 Å². The average Bonchev–Trinajstić information content (AvgIpc) is 2.16. The summed E-state index contributed by atoms with van der Waals surface area (Å²) in [5.74, 6) is 0.685. The molecule has 17 heavy (non-hydrogen) atoms. The molecule has 0 aliphatic carbocycles. The van der Waals surface area contributed by atoms with Crippen molar-refractivity contribution in [2.75, 3.05) is 6.26 Å². The summed E-state index contributed by atoms with van der Waals surface area (Å²) in [6.45, 7) is 16.0. The van der Waals surface area contributed by atoms with Crippen LogP contribution >= 0.6 is 11.8 Å². The monoisotopic (exact) mass is 255 g/mol. The lowest BCUT2D eigenvalue weighted by Gasteiger charge is -2.38. The minimum atomic E-state index is 0.134. The molecule has 0 rings (SSSR count). The van der Waals surface area contributed by atoms with Gasteiger partial charge in [0, 0.05) is 11.1 Å². The largest absolute Gasteiger partial charge is 0.254 e. The number of allylic oxidation sites excluding steroid dienone is 2. The maximum atomic E-state index is 4.57. The highest BCUT2D eigenvalue weighted by atomic mass is 32.2. The quantitative estimate of drug-likeness (QED) is 0.458. The molecule has 0 N–H and O–H groups in total. The van der Waals surface area contributed by atoms with Gasteiger partial charge in [-0.05, 0) is 30.9 Å². The van der Waals surface area contributed by atoms with Crippen LogP contribution in [0.4, 0.5) is 0 Å². The first-order valence-corrected chi connectivity index (χ1v) is 7.68. The number of hydrogen-bond donors (Lipinski definition) is 0. The summed E-state index contributed by atoms with van der Waals surface area (Å²) in [5.41, 5.74) is 3.60. The summed E-state index contributed by atoms with van der Waals surface area (Å²) < 4.78 is 0. The van der Waals surface area contributed by atoms with Crippen molar-refractivity contribution in [3.05, 3.63) is 11.8 Å². The molecule has 0 aliphatic rings. The van der Waals surface area contributed by atoms with E-state index in [0.717, 1.165) is 6.42 Å². The predicted molar refractivity (Wildman–Crippen MR) is 82.8 cm³/mol. The van der Waals surface area contributed by atoms with Gasteiger partial charge in [-0.25, -0.2) is 0 Å². The van der Waals surface area contributed by atoms with Gasteiger partial charge in [0.05, 0.1) is 5.55 Å². The minimum absolute atomic E-state index is 0.134. The maximum Gasteiger partial charge on any atom is 0.0597 e. The summed E-state index contributed by atoms with van der Waals surface area (Å²) in [4.78, 5) is 4.57.